The summed E-state index contributed by atoms with van der Waals surface area (Å²) in [5.41, 5.74) is 6.88. The van der Waals surface area contributed by atoms with Gasteiger partial charge in [0.05, 0.1) is 0 Å². The second kappa shape index (κ2) is 8.54. The molecule has 0 aromatic heterocycles. The Labute approximate surface area is 76.3 Å². The van der Waals surface area contributed by atoms with Gasteiger partial charge in [0.25, 0.3) is 0 Å². The maximum absolute atomic E-state index is 5.43. The molecule has 0 aromatic carbocycles. The van der Waals surface area contributed by atoms with Crippen molar-refractivity contribution < 1.29 is 0 Å². The van der Waals surface area contributed by atoms with Crippen LogP contribution in [-0.4, -0.2) is 6.54 Å². The van der Waals surface area contributed by atoms with E-state index in [9.17, 15) is 0 Å². The van der Waals surface area contributed by atoms with Crippen LogP contribution in [0.25, 0.3) is 0 Å². The van der Waals surface area contributed by atoms with E-state index < -0.39 is 0 Å². The molecule has 0 saturated heterocycles. The van der Waals surface area contributed by atoms with E-state index in [-0.39, 0.29) is 0 Å². The first-order valence-corrected chi connectivity index (χ1v) is 4.87. The molecule has 0 bridgehead atoms. The van der Waals surface area contributed by atoms with Crippen molar-refractivity contribution in [2.45, 2.75) is 39.5 Å². The first-order valence-electron chi connectivity index (χ1n) is 4.87. The van der Waals surface area contributed by atoms with E-state index >= 15 is 0 Å². The number of allylic oxidation sites excluding steroid dienone is 4. The fourth-order valence-corrected chi connectivity index (χ4v) is 1.20. The molecule has 70 valence electrons. The van der Waals surface area contributed by atoms with Crippen molar-refractivity contribution in [2.24, 2.45) is 5.73 Å². The molecule has 1 nitrogen and oxygen atoms in total. The monoisotopic (exact) mass is 167 g/mol. The average molecular weight is 167 g/mol. The molecule has 0 saturated carbocycles. The van der Waals surface area contributed by atoms with Crippen molar-refractivity contribution in [1.29, 1.82) is 0 Å². The highest BCUT2D eigenvalue weighted by atomic mass is 14.5. The minimum Gasteiger partial charge on any atom is -0.330 e. The van der Waals surface area contributed by atoms with Gasteiger partial charge in [-0.2, -0.15) is 0 Å². The molecule has 0 amide bonds. The smallest absolute Gasteiger partial charge is 0.00772 e. The van der Waals surface area contributed by atoms with Crippen molar-refractivity contribution in [1.82, 2.24) is 0 Å². The van der Waals surface area contributed by atoms with Gasteiger partial charge in [0.2, 0.25) is 0 Å². The Balaban J connectivity index is 3.72. The van der Waals surface area contributed by atoms with Crippen LogP contribution < -0.4 is 5.73 Å². The van der Waals surface area contributed by atoms with Gasteiger partial charge < -0.3 is 5.73 Å². The van der Waals surface area contributed by atoms with Gasteiger partial charge in [0.1, 0.15) is 0 Å². The van der Waals surface area contributed by atoms with E-state index in [1.807, 2.05) is 0 Å². The highest BCUT2D eigenvalue weighted by molar-refractivity contribution is 5.17. The zero-order valence-electron chi connectivity index (χ0n) is 8.34. The van der Waals surface area contributed by atoms with E-state index in [0.29, 0.717) is 0 Å². The second-order valence-corrected chi connectivity index (χ2v) is 2.93. The zero-order chi connectivity index (χ0) is 9.23. The molecule has 0 fully saturated rings. The van der Waals surface area contributed by atoms with Gasteiger partial charge in [-0.3, -0.25) is 0 Å². The predicted octanol–water partition coefficient (Wildman–Crippen LogP) is 3.03. The van der Waals surface area contributed by atoms with Gasteiger partial charge >= 0.3 is 0 Å². The Morgan fingerprint density at radius 1 is 1.33 bits per heavy atom. The molecule has 1 heteroatoms. The van der Waals surface area contributed by atoms with Gasteiger partial charge in [0, 0.05) is 0 Å². The molecule has 2 N–H and O–H groups in total. The summed E-state index contributed by atoms with van der Waals surface area (Å²) in [5, 5.41) is 0. The minimum atomic E-state index is 0.815. The molecule has 0 aliphatic heterocycles. The first-order chi connectivity index (χ1) is 5.85. The summed E-state index contributed by atoms with van der Waals surface area (Å²) in [4.78, 5) is 0. The quantitative estimate of drug-likeness (QED) is 0.477. The topological polar surface area (TPSA) is 26.0 Å². The van der Waals surface area contributed by atoms with E-state index in [2.05, 4.69) is 32.1 Å². The van der Waals surface area contributed by atoms with E-state index in [1.54, 1.807) is 0 Å². The Kier molecular flexibility index (Phi) is 8.14. The van der Waals surface area contributed by atoms with Crippen LogP contribution in [0.15, 0.2) is 23.8 Å². The molecule has 0 aromatic rings. The molecule has 0 heterocycles. The Morgan fingerprint density at radius 2 is 2.08 bits per heavy atom. The lowest BCUT2D eigenvalue weighted by molar-refractivity contribution is 0.745. The SMILES string of the molecule is C/C=C\C(=C/CC)CCCCN. The van der Waals surface area contributed by atoms with E-state index in [0.717, 1.165) is 19.4 Å². The number of hydrogen-bond acceptors (Lipinski definition) is 1. The molecule has 0 unspecified atom stereocenters. The summed E-state index contributed by atoms with van der Waals surface area (Å²) in [5.74, 6) is 0. The van der Waals surface area contributed by atoms with Crippen LogP contribution in [0.1, 0.15) is 39.5 Å². The lowest BCUT2D eigenvalue weighted by atomic mass is 10.1. The molecule has 0 spiro atoms. The number of unbranched alkanes of at least 4 members (excludes halogenated alkanes) is 1. The Bertz CT molecular complexity index is 145. The second-order valence-electron chi connectivity index (χ2n) is 2.93. The highest BCUT2D eigenvalue weighted by Crippen LogP contribution is 2.09. The molecule has 12 heavy (non-hydrogen) atoms. The molecular weight excluding hydrogens is 146 g/mol. The van der Waals surface area contributed by atoms with Crippen LogP contribution >= 0.6 is 0 Å². The van der Waals surface area contributed by atoms with Crippen LogP contribution in [0, 0.1) is 0 Å². The van der Waals surface area contributed by atoms with Gasteiger partial charge in [-0.05, 0) is 39.2 Å². The largest absolute Gasteiger partial charge is 0.330 e. The van der Waals surface area contributed by atoms with E-state index in [1.165, 1.54) is 18.4 Å². The average Bonchev–Trinajstić information content (AvgIpc) is 2.06. The zero-order valence-corrected chi connectivity index (χ0v) is 8.34. The fourth-order valence-electron chi connectivity index (χ4n) is 1.20. The van der Waals surface area contributed by atoms with Crippen molar-refractivity contribution in [2.75, 3.05) is 6.54 Å². The Hall–Kier alpha value is -0.560. The van der Waals surface area contributed by atoms with E-state index in [4.69, 9.17) is 5.73 Å². The lowest BCUT2D eigenvalue weighted by Gasteiger charge is -2.00. The number of hydrogen-bond donors (Lipinski definition) is 1. The summed E-state index contributed by atoms with van der Waals surface area (Å²) in [6.07, 6.45) is 11.2. The summed E-state index contributed by atoms with van der Waals surface area (Å²) >= 11 is 0. The van der Waals surface area contributed by atoms with Gasteiger partial charge in [-0.15, -0.1) is 0 Å². The predicted molar refractivity (Wildman–Crippen MR) is 56.1 cm³/mol. The summed E-state index contributed by atoms with van der Waals surface area (Å²) in [6.45, 7) is 5.05. The number of rotatable bonds is 6. The van der Waals surface area contributed by atoms with Gasteiger partial charge in [-0.25, -0.2) is 0 Å². The third-order valence-corrected chi connectivity index (χ3v) is 1.77. The number of nitrogens with two attached hydrogens (primary N) is 1. The normalized spacial score (nSPS) is 12.8. The molecule has 0 aliphatic rings. The third kappa shape index (κ3) is 6.17. The van der Waals surface area contributed by atoms with Crippen molar-refractivity contribution >= 4 is 0 Å². The molecule has 0 radical (unpaired) electrons. The maximum Gasteiger partial charge on any atom is -0.00772 e. The van der Waals surface area contributed by atoms with Crippen molar-refractivity contribution in [3.05, 3.63) is 23.8 Å². The van der Waals surface area contributed by atoms with Crippen LogP contribution in [0.3, 0.4) is 0 Å². The summed E-state index contributed by atoms with van der Waals surface area (Å²) in [7, 11) is 0. The first kappa shape index (κ1) is 11.4. The minimum absolute atomic E-state index is 0.815. The summed E-state index contributed by atoms with van der Waals surface area (Å²) < 4.78 is 0. The third-order valence-electron chi connectivity index (χ3n) is 1.77. The van der Waals surface area contributed by atoms with Crippen LogP contribution in [0.5, 0.6) is 0 Å². The van der Waals surface area contributed by atoms with Crippen LogP contribution in [0.4, 0.5) is 0 Å². The summed E-state index contributed by atoms with van der Waals surface area (Å²) in [6, 6.07) is 0. The Morgan fingerprint density at radius 3 is 2.58 bits per heavy atom. The standard InChI is InChI=1S/C11H21N/c1-3-7-11(8-4-2)9-5-6-10-12/h3,7-8H,4-6,9-10,12H2,1-2H3/b7-3-,11-8+. The van der Waals surface area contributed by atoms with Crippen LogP contribution in [-0.2, 0) is 0 Å². The molecular formula is C11H21N. The van der Waals surface area contributed by atoms with Crippen LogP contribution in [0.2, 0.25) is 0 Å². The highest BCUT2D eigenvalue weighted by Gasteiger charge is 1.91. The fraction of sp³-hybridized carbons (Fsp3) is 0.636. The molecule has 0 atom stereocenters. The lowest BCUT2D eigenvalue weighted by Crippen LogP contribution is -1.97. The van der Waals surface area contributed by atoms with Gasteiger partial charge in [0.15, 0.2) is 0 Å². The molecule has 0 rings (SSSR count). The van der Waals surface area contributed by atoms with Crippen molar-refractivity contribution in [3.63, 3.8) is 0 Å². The maximum atomic E-state index is 5.43. The van der Waals surface area contributed by atoms with Gasteiger partial charge in [-0.1, -0.05) is 30.7 Å². The molecule has 0 aliphatic carbocycles. The van der Waals surface area contributed by atoms with Crippen molar-refractivity contribution in [3.8, 4) is 0 Å².